The zero-order chi connectivity index (χ0) is 18.3. The van der Waals surface area contributed by atoms with Crippen LogP contribution in [0.25, 0.3) is 0 Å². The zero-order valence-electron chi connectivity index (χ0n) is 14.7. The number of amides is 2. The molecular formula is C16H26N4O4. The number of hydrogen-bond donors (Lipinski definition) is 2. The molecule has 0 aromatic carbocycles. The smallest absolute Gasteiger partial charge is 0.331 e. The fourth-order valence-corrected chi connectivity index (χ4v) is 2.15. The second-order valence-corrected chi connectivity index (χ2v) is 6.01. The molecule has 1 rings (SSSR count). The molecule has 24 heavy (non-hydrogen) atoms. The van der Waals surface area contributed by atoms with Crippen molar-refractivity contribution in [2.24, 2.45) is 0 Å². The third-order valence-electron chi connectivity index (χ3n) is 3.87. The van der Waals surface area contributed by atoms with Gasteiger partial charge in [0.25, 0.3) is 0 Å². The molecule has 2 N–H and O–H groups in total. The van der Waals surface area contributed by atoms with Gasteiger partial charge in [0.05, 0.1) is 11.9 Å². The van der Waals surface area contributed by atoms with Crippen molar-refractivity contribution >= 4 is 23.5 Å². The van der Waals surface area contributed by atoms with E-state index in [0.29, 0.717) is 31.6 Å². The number of nitrogens with zero attached hydrogens (tertiary/aromatic N) is 3. The highest BCUT2D eigenvalue weighted by atomic mass is 16.4. The molecule has 0 atom stereocenters. The highest BCUT2D eigenvalue weighted by molar-refractivity contribution is 5.90. The van der Waals surface area contributed by atoms with Crippen molar-refractivity contribution in [2.45, 2.75) is 52.5 Å². The maximum absolute atomic E-state index is 11.9. The van der Waals surface area contributed by atoms with Crippen molar-refractivity contribution in [3.05, 3.63) is 12.4 Å². The van der Waals surface area contributed by atoms with Gasteiger partial charge in [0.2, 0.25) is 11.8 Å². The Hall–Kier alpha value is -2.38. The van der Waals surface area contributed by atoms with E-state index in [9.17, 15) is 14.4 Å². The summed E-state index contributed by atoms with van der Waals surface area (Å²) in [6.07, 6.45) is 3.91. The third-order valence-corrected chi connectivity index (χ3v) is 3.87. The molecule has 0 spiro atoms. The first-order chi connectivity index (χ1) is 11.2. The second kappa shape index (κ2) is 8.47. The van der Waals surface area contributed by atoms with Crippen LogP contribution < -0.4 is 5.32 Å². The maximum atomic E-state index is 11.9. The molecule has 0 bridgehead atoms. The number of anilines is 1. The van der Waals surface area contributed by atoms with Crippen LogP contribution in [0.15, 0.2) is 12.4 Å². The summed E-state index contributed by atoms with van der Waals surface area (Å²) in [6.45, 7) is 8.22. The molecule has 0 aliphatic rings. The first-order valence-corrected chi connectivity index (χ1v) is 8.08. The third kappa shape index (κ3) is 5.07. The van der Waals surface area contributed by atoms with Gasteiger partial charge in [0, 0.05) is 32.1 Å². The molecule has 0 saturated carbocycles. The van der Waals surface area contributed by atoms with E-state index < -0.39 is 11.5 Å². The Bertz CT molecular complexity index is 591. The second-order valence-electron chi connectivity index (χ2n) is 6.01. The van der Waals surface area contributed by atoms with Crippen LogP contribution in [0.2, 0.25) is 0 Å². The number of aromatic nitrogens is 2. The zero-order valence-corrected chi connectivity index (χ0v) is 14.7. The van der Waals surface area contributed by atoms with Gasteiger partial charge in [-0.2, -0.15) is 5.10 Å². The average Bonchev–Trinajstić information content (AvgIpc) is 2.97. The molecule has 1 aromatic heterocycles. The fourth-order valence-electron chi connectivity index (χ4n) is 2.15. The summed E-state index contributed by atoms with van der Waals surface area (Å²) in [4.78, 5) is 36.7. The van der Waals surface area contributed by atoms with Crippen LogP contribution >= 0.6 is 0 Å². The van der Waals surface area contributed by atoms with Crippen LogP contribution in [0.5, 0.6) is 0 Å². The number of rotatable bonds is 9. The Morgan fingerprint density at radius 1 is 1.25 bits per heavy atom. The molecule has 1 aromatic rings. The fraction of sp³-hybridized carbons (Fsp3) is 0.625. The molecule has 0 aliphatic heterocycles. The summed E-state index contributed by atoms with van der Waals surface area (Å²) < 4.78 is 1.29. The van der Waals surface area contributed by atoms with Gasteiger partial charge < -0.3 is 15.3 Å². The lowest BCUT2D eigenvalue weighted by atomic mass is 10.1. The first kappa shape index (κ1) is 19.7. The number of aliphatic carboxylic acids is 1. The minimum Gasteiger partial charge on any atom is -0.479 e. The van der Waals surface area contributed by atoms with Crippen LogP contribution in [-0.2, 0) is 19.9 Å². The van der Waals surface area contributed by atoms with Crippen LogP contribution in [0, 0.1) is 0 Å². The van der Waals surface area contributed by atoms with Crippen molar-refractivity contribution in [3.63, 3.8) is 0 Å². The van der Waals surface area contributed by atoms with E-state index in [2.05, 4.69) is 10.4 Å². The normalized spacial score (nSPS) is 11.2. The summed E-state index contributed by atoms with van der Waals surface area (Å²) >= 11 is 0. The van der Waals surface area contributed by atoms with E-state index >= 15 is 0 Å². The van der Waals surface area contributed by atoms with E-state index in [1.807, 2.05) is 13.8 Å². The van der Waals surface area contributed by atoms with Gasteiger partial charge in [-0.05, 0) is 34.1 Å². The largest absolute Gasteiger partial charge is 0.479 e. The predicted octanol–water partition coefficient (Wildman–Crippen LogP) is 1.68. The van der Waals surface area contributed by atoms with Crippen LogP contribution in [0.4, 0.5) is 5.69 Å². The van der Waals surface area contributed by atoms with E-state index in [1.165, 1.54) is 30.9 Å². The highest BCUT2D eigenvalue weighted by Crippen LogP contribution is 2.17. The number of nitrogens with one attached hydrogen (secondary N) is 1. The number of carboxylic acid groups (broad SMARTS) is 1. The van der Waals surface area contributed by atoms with Crippen LogP contribution in [0.3, 0.4) is 0 Å². The van der Waals surface area contributed by atoms with Gasteiger partial charge in [-0.25, -0.2) is 4.79 Å². The van der Waals surface area contributed by atoms with Crippen LogP contribution in [-0.4, -0.2) is 50.7 Å². The Morgan fingerprint density at radius 2 is 1.88 bits per heavy atom. The van der Waals surface area contributed by atoms with Crippen molar-refractivity contribution < 1.29 is 19.5 Å². The number of carboxylic acids is 1. The Labute approximate surface area is 141 Å². The van der Waals surface area contributed by atoms with Gasteiger partial charge in [-0.1, -0.05) is 0 Å². The van der Waals surface area contributed by atoms with Gasteiger partial charge in [-0.15, -0.1) is 0 Å². The van der Waals surface area contributed by atoms with Gasteiger partial charge >= 0.3 is 5.97 Å². The van der Waals surface area contributed by atoms with Gasteiger partial charge in [0.1, 0.15) is 0 Å². The average molecular weight is 338 g/mol. The first-order valence-electron chi connectivity index (χ1n) is 8.08. The van der Waals surface area contributed by atoms with E-state index in [4.69, 9.17) is 5.11 Å². The Morgan fingerprint density at radius 3 is 2.42 bits per heavy atom. The van der Waals surface area contributed by atoms with Gasteiger partial charge in [0.15, 0.2) is 5.54 Å². The molecule has 0 fully saturated rings. The van der Waals surface area contributed by atoms with Gasteiger partial charge in [-0.3, -0.25) is 14.3 Å². The SMILES string of the molecule is CCN(CC)C(=O)CCCC(=O)Nc1cnn(C(C)(C)C(=O)O)c1. The minimum atomic E-state index is -1.20. The summed E-state index contributed by atoms with van der Waals surface area (Å²) in [5.74, 6) is -1.20. The molecule has 0 unspecified atom stereocenters. The minimum absolute atomic E-state index is 0.0452. The molecule has 0 aliphatic carbocycles. The van der Waals surface area contributed by atoms with E-state index in [1.54, 1.807) is 4.90 Å². The number of carbonyl (C=O) groups is 3. The summed E-state index contributed by atoms with van der Waals surface area (Å²) in [5.41, 5.74) is -0.761. The molecule has 2 amide bonds. The van der Waals surface area contributed by atoms with Crippen LogP contribution in [0.1, 0.15) is 47.0 Å². The molecule has 8 heteroatoms. The molecule has 0 radical (unpaired) electrons. The predicted molar refractivity (Wildman–Crippen MR) is 89.6 cm³/mol. The highest BCUT2D eigenvalue weighted by Gasteiger charge is 2.30. The Balaban J connectivity index is 2.48. The number of hydrogen-bond acceptors (Lipinski definition) is 4. The van der Waals surface area contributed by atoms with E-state index in [-0.39, 0.29) is 18.2 Å². The summed E-state index contributed by atoms with van der Waals surface area (Å²) in [5, 5.41) is 15.8. The molecule has 1 heterocycles. The lowest BCUT2D eigenvalue weighted by Gasteiger charge is -2.19. The maximum Gasteiger partial charge on any atom is 0.331 e. The monoisotopic (exact) mass is 338 g/mol. The molecular weight excluding hydrogens is 312 g/mol. The lowest BCUT2D eigenvalue weighted by molar-refractivity contribution is -0.146. The lowest BCUT2D eigenvalue weighted by Crippen LogP contribution is -2.35. The molecule has 0 saturated heterocycles. The van der Waals surface area contributed by atoms with Crippen molar-refractivity contribution in [3.8, 4) is 0 Å². The van der Waals surface area contributed by atoms with E-state index in [0.717, 1.165) is 0 Å². The number of carbonyl (C=O) groups excluding carboxylic acids is 2. The van der Waals surface area contributed by atoms with Crippen molar-refractivity contribution in [2.75, 3.05) is 18.4 Å². The standard InChI is InChI=1S/C16H26N4O4/c1-5-19(6-2)14(22)9-7-8-13(21)18-12-10-17-20(11-12)16(3,4)15(23)24/h10-11H,5-9H2,1-4H3,(H,18,21)(H,23,24). The molecule has 134 valence electrons. The topological polar surface area (TPSA) is 105 Å². The summed E-state index contributed by atoms with van der Waals surface area (Å²) in [7, 11) is 0. The summed E-state index contributed by atoms with van der Waals surface area (Å²) in [6, 6.07) is 0. The van der Waals surface area contributed by atoms with Crippen molar-refractivity contribution in [1.29, 1.82) is 0 Å². The molecule has 8 nitrogen and oxygen atoms in total. The quantitative estimate of drug-likeness (QED) is 0.713. The van der Waals surface area contributed by atoms with Crippen molar-refractivity contribution in [1.82, 2.24) is 14.7 Å². The Kier molecular flexibility index (Phi) is 6.94.